The summed E-state index contributed by atoms with van der Waals surface area (Å²) in [6, 6.07) is 0. The molecule has 0 radical (unpaired) electrons. The summed E-state index contributed by atoms with van der Waals surface area (Å²) in [7, 11) is 1.42. The third kappa shape index (κ3) is 8.82. The normalized spacial score (nSPS) is 2.00. The van der Waals surface area contributed by atoms with Crippen LogP contribution >= 0.6 is 0 Å². The van der Waals surface area contributed by atoms with Crippen molar-refractivity contribution in [2.24, 2.45) is 0 Å². The molecule has 0 nitrogen and oxygen atoms in total. The molecule has 0 aliphatic heterocycles. The molecular formula is H3HfSiTaTi. The molecule has 0 rings (SSSR count). The fourth-order valence-electron chi connectivity index (χ4n) is 0. The zero-order valence-corrected chi connectivity index (χ0v) is 12.8. The molecular weight excluding hydrogens is 435 g/mol. The zero-order valence-electron chi connectivity index (χ0n) is 2.45. The maximum Gasteiger partial charge on any atom is 0 e. The largest absolute Gasteiger partial charge is 0 e. The van der Waals surface area contributed by atoms with Gasteiger partial charge in [0.1, 0.15) is 0 Å². The van der Waals surface area contributed by atoms with Gasteiger partial charge in [0, 0.05) is 47.6 Å². The first-order chi connectivity index (χ1) is 1.00. The molecule has 0 spiro atoms. The topological polar surface area (TPSA) is 0 Å². The second-order valence-corrected chi connectivity index (χ2v) is 0. The van der Waals surface area contributed by atoms with Crippen LogP contribution < -0.4 is 0 Å². The van der Waals surface area contributed by atoms with Crippen molar-refractivity contribution >= 4 is 8.00 Å². The standard InChI is InChI=1S/Hf.H3Si.Ta.Ti/h;1H3;;. The van der Waals surface area contributed by atoms with Crippen molar-refractivity contribution in [2.75, 3.05) is 0 Å². The fourth-order valence-corrected chi connectivity index (χ4v) is 0. The van der Waals surface area contributed by atoms with Gasteiger partial charge < -0.3 is 0 Å². The molecule has 0 aromatic carbocycles. The van der Waals surface area contributed by atoms with Crippen molar-refractivity contribution in [3.8, 4) is 0 Å². The van der Waals surface area contributed by atoms with E-state index in [4.69, 9.17) is 0 Å². The molecule has 0 unspecified atom stereocenters. The molecule has 0 aromatic heterocycles. The van der Waals surface area contributed by atoms with Gasteiger partial charge in [0.05, 0.1) is 0 Å². The van der Waals surface area contributed by atoms with E-state index in [0.29, 0.717) is 0 Å². The van der Waals surface area contributed by atoms with E-state index in [9.17, 15) is 0 Å². The Balaban J connectivity index is -0.00000000500. The maximum absolute atomic E-state index is 1.58. The molecule has 0 saturated carbocycles. The van der Waals surface area contributed by atoms with Gasteiger partial charge in [-0.2, -0.15) is 0 Å². The number of hydrogen-bond acceptors (Lipinski definition) is 0. The van der Waals surface area contributed by atoms with Crippen molar-refractivity contribution in [1.29, 1.82) is 0 Å². The molecule has 0 amide bonds. The molecule has 4 heteroatoms. The third-order valence-electron chi connectivity index (χ3n) is 0. The van der Waals surface area contributed by atoms with E-state index in [0.717, 1.165) is 0 Å². The third-order valence-corrected chi connectivity index (χ3v) is 0. The van der Waals surface area contributed by atoms with Crippen LogP contribution in [0.3, 0.4) is 0 Å². The van der Waals surface area contributed by atoms with Gasteiger partial charge in [0.15, 0.2) is 0 Å². The predicted molar refractivity (Wildman–Crippen MR) is 9.94 cm³/mol. The number of hydrogen-bond donors (Lipinski definition) is 0. The van der Waals surface area contributed by atoms with E-state index in [1.165, 1.54) is 8.00 Å². The predicted octanol–water partition coefficient (Wildman–Crippen LogP) is -1.19. The molecule has 0 saturated heterocycles. The van der Waals surface area contributed by atoms with Crippen LogP contribution in [0.1, 0.15) is 0 Å². The quantitative estimate of drug-likeness (QED) is 0.418. The Bertz CT molecular complexity index is 8.00. The van der Waals surface area contributed by atoms with Crippen LogP contribution in [0, 0.1) is 0 Å². The maximum atomic E-state index is 1.58. The second kappa shape index (κ2) is 17.7. The molecule has 4 heavy (non-hydrogen) atoms. The first-order valence-corrected chi connectivity index (χ1v) is 11.0. The van der Waals surface area contributed by atoms with Crippen molar-refractivity contribution in [1.82, 2.24) is 0 Å². The van der Waals surface area contributed by atoms with E-state index in [1.807, 2.05) is 0 Å². The summed E-state index contributed by atoms with van der Waals surface area (Å²) in [5.74, 6) is 0. The van der Waals surface area contributed by atoms with Gasteiger partial charge in [-0.3, -0.25) is 0 Å². The minimum Gasteiger partial charge on any atom is 0 e. The SMILES string of the molecule is [Hf].[SiH3][Ta].[Ti]. The molecule has 0 aliphatic carbocycles. The molecule has 0 N–H and O–H groups in total. The van der Waals surface area contributed by atoms with E-state index in [-0.39, 0.29) is 47.6 Å². The van der Waals surface area contributed by atoms with Gasteiger partial charge in [-0.25, -0.2) is 0 Å². The average Bonchev–Trinajstić information content (AvgIpc) is 1.00. The first kappa shape index (κ1) is 16.0. The molecule has 0 aliphatic rings. The van der Waals surface area contributed by atoms with Crippen LogP contribution in [0.2, 0.25) is 0 Å². The molecule has 0 bridgehead atoms. The first-order valence-electron chi connectivity index (χ1n) is 0.447. The van der Waals surface area contributed by atoms with E-state index >= 15 is 0 Å². The Kier molecular flexibility index (Phi) is 70.8. The van der Waals surface area contributed by atoms with E-state index < -0.39 is 0 Å². The van der Waals surface area contributed by atoms with Gasteiger partial charge in [0.2, 0.25) is 0 Å². The van der Waals surface area contributed by atoms with Crippen LogP contribution in [0.15, 0.2) is 0 Å². The van der Waals surface area contributed by atoms with Gasteiger partial charge in [-0.1, -0.05) is 0 Å². The summed E-state index contributed by atoms with van der Waals surface area (Å²) in [6.07, 6.45) is 0. The Morgan fingerprint density at radius 2 is 1.25 bits per heavy atom. The summed E-state index contributed by atoms with van der Waals surface area (Å²) in [5.41, 5.74) is 0. The summed E-state index contributed by atoms with van der Waals surface area (Å²) in [5, 5.41) is 0. The van der Waals surface area contributed by atoms with Crippen LogP contribution in [0.4, 0.5) is 0 Å². The van der Waals surface area contributed by atoms with Gasteiger partial charge in [-0.15, -0.1) is 0 Å². The van der Waals surface area contributed by atoms with Crippen molar-refractivity contribution in [3.63, 3.8) is 0 Å². The molecule has 0 fully saturated rings. The average molecular weight is 438 g/mol. The summed E-state index contributed by atoms with van der Waals surface area (Å²) < 4.78 is 0. The van der Waals surface area contributed by atoms with Gasteiger partial charge in [0.25, 0.3) is 0 Å². The zero-order chi connectivity index (χ0) is 2.00. The minimum atomic E-state index is 0. The van der Waals surface area contributed by atoms with Crippen molar-refractivity contribution < 1.29 is 67.9 Å². The molecule has 0 atom stereocenters. The minimum absolute atomic E-state index is 0. The Morgan fingerprint density at radius 3 is 1.25 bits per heavy atom. The Morgan fingerprint density at radius 1 is 1.25 bits per heavy atom. The van der Waals surface area contributed by atoms with Gasteiger partial charge in [-0.05, 0) is 0 Å². The van der Waals surface area contributed by atoms with E-state index in [1.54, 1.807) is 20.3 Å². The molecule has 0 aromatic rings. The van der Waals surface area contributed by atoms with Crippen LogP contribution in [-0.4, -0.2) is 8.00 Å². The molecule has 0 heterocycles. The van der Waals surface area contributed by atoms with Crippen LogP contribution in [-0.2, 0) is 67.9 Å². The monoisotopic (exact) mass is 440 g/mol. The second-order valence-electron chi connectivity index (χ2n) is 0. The summed E-state index contributed by atoms with van der Waals surface area (Å²) >= 11 is 1.58. The Labute approximate surface area is 74.7 Å². The van der Waals surface area contributed by atoms with Gasteiger partial charge >= 0.3 is 28.3 Å². The smallest absolute Gasteiger partial charge is 0 e. The summed E-state index contributed by atoms with van der Waals surface area (Å²) in [4.78, 5) is 0. The number of rotatable bonds is 0. The van der Waals surface area contributed by atoms with E-state index in [2.05, 4.69) is 0 Å². The fraction of sp³-hybridized carbons (Fsp3) is 0. The van der Waals surface area contributed by atoms with Crippen LogP contribution in [0.5, 0.6) is 0 Å². The van der Waals surface area contributed by atoms with Crippen LogP contribution in [0.25, 0.3) is 0 Å². The summed E-state index contributed by atoms with van der Waals surface area (Å²) in [6.45, 7) is 0. The Hall–Kier alpha value is 2.54. The van der Waals surface area contributed by atoms with Crippen molar-refractivity contribution in [2.45, 2.75) is 0 Å². The van der Waals surface area contributed by atoms with Crippen molar-refractivity contribution in [3.05, 3.63) is 0 Å². The molecule has 20 valence electrons.